The van der Waals surface area contributed by atoms with Gasteiger partial charge < -0.3 is 19.7 Å². The molecule has 88 valence electrons. The summed E-state index contributed by atoms with van der Waals surface area (Å²) in [5.74, 6) is -0.635. The largest absolute Gasteiger partial charge is 0.390 e. The third kappa shape index (κ3) is 2.33. The van der Waals surface area contributed by atoms with Crippen molar-refractivity contribution in [2.45, 2.75) is 56.5 Å². The van der Waals surface area contributed by atoms with Gasteiger partial charge in [0.05, 0.1) is 24.9 Å². The predicted octanol–water partition coefficient (Wildman–Crippen LogP) is 0.805. The van der Waals surface area contributed by atoms with Crippen molar-refractivity contribution in [2.75, 3.05) is 13.2 Å². The van der Waals surface area contributed by atoms with Gasteiger partial charge in [0.25, 0.3) is 0 Å². The highest BCUT2D eigenvalue weighted by Crippen LogP contribution is 2.37. The molecule has 0 aromatic heterocycles. The molecule has 0 amide bonds. The van der Waals surface area contributed by atoms with E-state index in [1.54, 1.807) is 6.92 Å². The van der Waals surface area contributed by atoms with Crippen LogP contribution in [0.5, 0.6) is 0 Å². The molecule has 4 nitrogen and oxygen atoms in total. The monoisotopic (exact) mass is 216 g/mol. The van der Waals surface area contributed by atoms with Gasteiger partial charge in [-0.1, -0.05) is 6.42 Å². The minimum atomic E-state index is -1.01. The van der Waals surface area contributed by atoms with Crippen molar-refractivity contribution in [3.63, 3.8) is 0 Å². The van der Waals surface area contributed by atoms with Crippen LogP contribution in [0.3, 0.4) is 0 Å². The average molecular weight is 216 g/mol. The minimum absolute atomic E-state index is 0.375. The van der Waals surface area contributed by atoms with Gasteiger partial charge >= 0.3 is 0 Å². The molecular formula is C11H20O4. The molecule has 1 saturated heterocycles. The van der Waals surface area contributed by atoms with Crippen molar-refractivity contribution < 1.29 is 19.7 Å². The van der Waals surface area contributed by atoms with Crippen LogP contribution in [-0.2, 0) is 9.47 Å². The van der Waals surface area contributed by atoms with Gasteiger partial charge in [0.2, 0.25) is 0 Å². The summed E-state index contributed by atoms with van der Waals surface area (Å²) in [5, 5.41) is 20.0. The maximum Gasteiger partial charge on any atom is 0.171 e. The third-order valence-corrected chi connectivity index (χ3v) is 3.53. The van der Waals surface area contributed by atoms with Crippen molar-refractivity contribution >= 4 is 0 Å². The van der Waals surface area contributed by atoms with Crippen LogP contribution in [0.4, 0.5) is 0 Å². The van der Waals surface area contributed by atoms with E-state index in [4.69, 9.17) is 9.47 Å². The number of aliphatic hydroxyl groups is 2. The van der Waals surface area contributed by atoms with Crippen LogP contribution in [0.15, 0.2) is 0 Å². The summed E-state index contributed by atoms with van der Waals surface area (Å²) in [6.07, 6.45) is 2.95. The molecule has 0 aromatic carbocycles. The van der Waals surface area contributed by atoms with E-state index in [-0.39, 0.29) is 0 Å². The van der Waals surface area contributed by atoms with E-state index < -0.39 is 17.5 Å². The SMILES string of the molecule is CC1(O)CCCCC2(CC1O)OCCO2. The Morgan fingerprint density at radius 1 is 1.13 bits per heavy atom. The lowest BCUT2D eigenvalue weighted by Gasteiger charge is -2.38. The van der Waals surface area contributed by atoms with Gasteiger partial charge in [-0.3, -0.25) is 0 Å². The van der Waals surface area contributed by atoms with Crippen molar-refractivity contribution in [3.05, 3.63) is 0 Å². The maximum atomic E-state index is 10.0. The molecule has 2 fully saturated rings. The van der Waals surface area contributed by atoms with Gasteiger partial charge in [-0.05, 0) is 19.8 Å². The molecule has 15 heavy (non-hydrogen) atoms. The summed E-state index contributed by atoms with van der Waals surface area (Å²) in [5.41, 5.74) is -1.01. The van der Waals surface area contributed by atoms with Crippen molar-refractivity contribution in [1.29, 1.82) is 0 Å². The Balaban J connectivity index is 2.09. The summed E-state index contributed by atoms with van der Waals surface area (Å²) in [7, 11) is 0. The lowest BCUT2D eigenvalue weighted by molar-refractivity contribution is -0.208. The fraction of sp³-hybridized carbons (Fsp3) is 1.00. The van der Waals surface area contributed by atoms with Gasteiger partial charge in [-0.2, -0.15) is 0 Å². The first-order valence-corrected chi connectivity index (χ1v) is 5.72. The molecule has 2 unspecified atom stereocenters. The van der Waals surface area contributed by atoms with Gasteiger partial charge in [0.1, 0.15) is 0 Å². The first kappa shape index (κ1) is 11.3. The molecule has 0 aromatic rings. The lowest BCUT2D eigenvalue weighted by Crippen LogP contribution is -2.47. The molecule has 1 aliphatic heterocycles. The second-order valence-electron chi connectivity index (χ2n) is 4.89. The molecule has 0 radical (unpaired) electrons. The predicted molar refractivity (Wildman–Crippen MR) is 54.4 cm³/mol. The van der Waals surface area contributed by atoms with Crippen LogP contribution < -0.4 is 0 Å². The number of hydrogen-bond acceptors (Lipinski definition) is 4. The minimum Gasteiger partial charge on any atom is -0.390 e. The van der Waals surface area contributed by atoms with E-state index in [1.807, 2.05) is 0 Å². The van der Waals surface area contributed by atoms with E-state index >= 15 is 0 Å². The fourth-order valence-corrected chi connectivity index (χ4v) is 2.42. The summed E-state index contributed by atoms with van der Waals surface area (Å²) < 4.78 is 11.2. The second-order valence-corrected chi connectivity index (χ2v) is 4.89. The highest BCUT2D eigenvalue weighted by Gasteiger charge is 2.44. The molecule has 2 aliphatic rings. The Bertz CT molecular complexity index is 221. The molecule has 1 spiro atoms. The van der Waals surface area contributed by atoms with Crippen molar-refractivity contribution in [3.8, 4) is 0 Å². The molecule has 2 N–H and O–H groups in total. The normalized spacial score (nSPS) is 41.4. The van der Waals surface area contributed by atoms with E-state index in [9.17, 15) is 10.2 Å². The molecule has 1 saturated carbocycles. The Labute approximate surface area is 90.2 Å². The average Bonchev–Trinajstić information content (AvgIpc) is 2.60. The van der Waals surface area contributed by atoms with Gasteiger partial charge in [0, 0.05) is 12.8 Å². The molecule has 0 bridgehead atoms. The van der Waals surface area contributed by atoms with Gasteiger partial charge in [0.15, 0.2) is 5.79 Å². The first-order valence-electron chi connectivity index (χ1n) is 5.72. The molecule has 1 heterocycles. The fourth-order valence-electron chi connectivity index (χ4n) is 2.42. The van der Waals surface area contributed by atoms with E-state index in [2.05, 4.69) is 0 Å². The molecule has 2 rings (SSSR count). The second kappa shape index (κ2) is 4.01. The van der Waals surface area contributed by atoms with Crippen LogP contribution in [0.25, 0.3) is 0 Å². The number of ether oxygens (including phenoxy) is 2. The lowest BCUT2D eigenvalue weighted by atomic mass is 9.83. The number of hydrogen-bond donors (Lipinski definition) is 2. The molecule has 4 heteroatoms. The first-order chi connectivity index (χ1) is 7.04. The Kier molecular flexibility index (Phi) is 3.03. The zero-order chi connectivity index (χ0) is 10.9. The number of aliphatic hydroxyl groups excluding tert-OH is 1. The zero-order valence-electron chi connectivity index (χ0n) is 9.24. The van der Waals surface area contributed by atoms with Crippen molar-refractivity contribution in [2.24, 2.45) is 0 Å². The maximum absolute atomic E-state index is 10.0. The summed E-state index contributed by atoms with van der Waals surface area (Å²) in [6.45, 7) is 2.87. The Hall–Kier alpha value is -0.160. The van der Waals surface area contributed by atoms with E-state index in [0.717, 1.165) is 19.3 Å². The van der Waals surface area contributed by atoms with E-state index in [0.29, 0.717) is 26.1 Å². The van der Waals surface area contributed by atoms with Crippen molar-refractivity contribution in [1.82, 2.24) is 0 Å². The van der Waals surface area contributed by atoms with Crippen LogP contribution in [0, 0.1) is 0 Å². The van der Waals surface area contributed by atoms with Gasteiger partial charge in [-0.25, -0.2) is 0 Å². The topological polar surface area (TPSA) is 58.9 Å². The Morgan fingerprint density at radius 3 is 2.40 bits per heavy atom. The summed E-state index contributed by atoms with van der Waals surface area (Å²) in [6, 6.07) is 0. The molecule has 1 aliphatic carbocycles. The summed E-state index contributed by atoms with van der Waals surface area (Å²) >= 11 is 0. The summed E-state index contributed by atoms with van der Waals surface area (Å²) in [4.78, 5) is 0. The molecule has 2 atom stereocenters. The van der Waals surface area contributed by atoms with Crippen LogP contribution in [0.2, 0.25) is 0 Å². The third-order valence-electron chi connectivity index (χ3n) is 3.53. The standard InChI is InChI=1S/C11H20O4/c1-10(13)4-2-3-5-11(8-9(10)12)14-6-7-15-11/h9,12-13H,2-8H2,1H3. The quantitative estimate of drug-likeness (QED) is 0.629. The van der Waals surface area contributed by atoms with Crippen LogP contribution in [-0.4, -0.2) is 40.9 Å². The number of rotatable bonds is 0. The van der Waals surface area contributed by atoms with Crippen LogP contribution >= 0.6 is 0 Å². The zero-order valence-corrected chi connectivity index (χ0v) is 9.24. The Morgan fingerprint density at radius 2 is 1.73 bits per heavy atom. The van der Waals surface area contributed by atoms with Crippen LogP contribution in [0.1, 0.15) is 39.0 Å². The molecular weight excluding hydrogens is 196 g/mol. The highest BCUT2D eigenvalue weighted by molar-refractivity contribution is 4.90. The van der Waals surface area contributed by atoms with Gasteiger partial charge in [-0.15, -0.1) is 0 Å². The highest BCUT2D eigenvalue weighted by atomic mass is 16.7. The smallest absolute Gasteiger partial charge is 0.171 e. The van der Waals surface area contributed by atoms with E-state index in [1.165, 1.54) is 0 Å².